The lowest BCUT2D eigenvalue weighted by Crippen LogP contribution is -2.29. The second-order valence-electron chi connectivity index (χ2n) is 3.36. The zero-order valence-electron chi connectivity index (χ0n) is 7.80. The van der Waals surface area contributed by atoms with E-state index in [4.69, 9.17) is 0 Å². The molecule has 0 spiro atoms. The number of hydrogen-bond donors (Lipinski definition) is 1. The van der Waals surface area contributed by atoms with Crippen LogP contribution in [-0.2, 0) is 14.3 Å². The van der Waals surface area contributed by atoms with Gasteiger partial charge in [-0.25, -0.2) is 0 Å². The van der Waals surface area contributed by atoms with Crippen LogP contribution in [0.1, 0.15) is 6.42 Å². The summed E-state index contributed by atoms with van der Waals surface area (Å²) >= 11 is 0. The highest BCUT2D eigenvalue weighted by molar-refractivity contribution is 6.45. The molecule has 0 aromatic heterocycles. The quantitative estimate of drug-likeness (QED) is 0.681. The van der Waals surface area contributed by atoms with Crippen LogP contribution in [0.15, 0.2) is 23.5 Å². The SMILES string of the molecule is O=C1N[C@@H]2CC(OC(F)(F)F)=CC=C2C1=O. The van der Waals surface area contributed by atoms with E-state index in [9.17, 15) is 22.8 Å². The average Bonchev–Trinajstić information content (AvgIpc) is 2.40. The Morgan fingerprint density at radius 3 is 2.62 bits per heavy atom. The van der Waals surface area contributed by atoms with Crippen LogP contribution in [-0.4, -0.2) is 24.1 Å². The lowest BCUT2D eigenvalue weighted by atomic mass is 9.98. The Labute approximate surface area is 87.8 Å². The zero-order chi connectivity index (χ0) is 11.9. The monoisotopic (exact) mass is 233 g/mol. The van der Waals surface area contributed by atoms with Crippen molar-refractivity contribution in [3.63, 3.8) is 0 Å². The van der Waals surface area contributed by atoms with Gasteiger partial charge in [0, 0.05) is 12.0 Å². The lowest BCUT2D eigenvalue weighted by Gasteiger charge is -2.19. The first kappa shape index (κ1) is 10.7. The van der Waals surface area contributed by atoms with Crippen LogP contribution in [0.3, 0.4) is 0 Å². The van der Waals surface area contributed by atoms with Crippen molar-refractivity contribution in [1.29, 1.82) is 0 Å². The first-order valence-electron chi connectivity index (χ1n) is 4.38. The Morgan fingerprint density at radius 2 is 2.00 bits per heavy atom. The minimum Gasteiger partial charge on any atom is -0.410 e. The molecule has 1 heterocycles. The minimum atomic E-state index is -4.76. The van der Waals surface area contributed by atoms with Crippen LogP contribution >= 0.6 is 0 Å². The van der Waals surface area contributed by atoms with Crippen molar-refractivity contribution >= 4 is 11.7 Å². The van der Waals surface area contributed by atoms with E-state index in [1.54, 1.807) is 0 Å². The van der Waals surface area contributed by atoms with E-state index in [0.29, 0.717) is 0 Å². The number of nitrogens with one attached hydrogen (secondary N) is 1. The van der Waals surface area contributed by atoms with E-state index in [0.717, 1.165) is 6.08 Å². The van der Waals surface area contributed by atoms with Crippen LogP contribution in [0.2, 0.25) is 0 Å². The number of carbonyl (C=O) groups is 2. The molecule has 1 saturated heterocycles. The number of fused-ring (bicyclic) bond motifs is 1. The van der Waals surface area contributed by atoms with Gasteiger partial charge in [0.05, 0.1) is 6.04 Å². The molecule has 1 aliphatic carbocycles. The maximum atomic E-state index is 11.9. The van der Waals surface area contributed by atoms with Gasteiger partial charge < -0.3 is 10.1 Å². The maximum Gasteiger partial charge on any atom is 0.572 e. The first-order chi connectivity index (χ1) is 7.37. The standard InChI is InChI=1S/C9H6F3NO3/c10-9(11,12)16-4-1-2-5-6(3-4)13-8(15)7(5)14/h1-2,6H,3H2,(H,13,15)/t6-/m1/s1. The molecule has 1 amide bonds. The van der Waals surface area contributed by atoms with Crippen molar-refractivity contribution in [1.82, 2.24) is 5.32 Å². The minimum absolute atomic E-state index is 0.164. The van der Waals surface area contributed by atoms with Crippen molar-refractivity contribution in [3.05, 3.63) is 23.5 Å². The van der Waals surface area contributed by atoms with Crippen molar-refractivity contribution in [2.75, 3.05) is 0 Å². The van der Waals surface area contributed by atoms with E-state index in [1.165, 1.54) is 6.08 Å². The molecule has 0 unspecified atom stereocenters. The number of ether oxygens (including phenoxy) is 1. The normalized spacial score (nSPS) is 24.6. The van der Waals surface area contributed by atoms with E-state index < -0.39 is 24.1 Å². The number of rotatable bonds is 1. The summed E-state index contributed by atoms with van der Waals surface area (Å²) in [5.74, 6) is -1.82. The number of Topliss-reactive ketones (excluding diaryl/α,β-unsaturated/α-hetero) is 1. The highest BCUT2D eigenvalue weighted by Gasteiger charge is 2.40. The Hall–Kier alpha value is -1.79. The molecule has 7 heteroatoms. The largest absolute Gasteiger partial charge is 0.572 e. The molecular weight excluding hydrogens is 227 g/mol. The smallest absolute Gasteiger partial charge is 0.410 e. The number of ketones is 1. The van der Waals surface area contributed by atoms with Gasteiger partial charge in [-0.15, -0.1) is 13.2 Å². The molecule has 2 rings (SSSR count). The molecular formula is C9H6F3NO3. The molecule has 2 aliphatic rings. The molecule has 4 nitrogen and oxygen atoms in total. The third-order valence-corrected chi connectivity index (χ3v) is 2.25. The van der Waals surface area contributed by atoms with Gasteiger partial charge in [0.1, 0.15) is 5.76 Å². The molecule has 1 fully saturated rings. The number of carbonyl (C=O) groups excluding carboxylic acids is 2. The molecule has 1 atom stereocenters. The van der Waals surface area contributed by atoms with Gasteiger partial charge in [0.2, 0.25) is 5.78 Å². The summed E-state index contributed by atoms with van der Waals surface area (Å²) in [6.45, 7) is 0. The van der Waals surface area contributed by atoms with Crippen molar-refractivity contribution in [3.8, 4) is 0 Å². The fourth-order valence-electron chi connectivity index (χ4n) is 1.62. The third kappa shape index (κ3) is 1.93. The van der Waals surface area contributed by atoms with Crippen molar-refractivity contribution in [2.24, 2.45) is 0 Å². The van der Waals surface area contributed by atoms with Crippen LogP contribution in [0.25, 0.3) is 0 Å². The number of alkyl halides is 3. The number of allylic oxidation sites excluding steroid dienone is 2. The maximum absolute atomic E-state index is 11.9. The molecule has 86 valence electrons. The molecule has 0 radical (unpaired) electrons. The molecule has 1 aliphatic heterocycles. The fourth-order valence-corrected chi connectivity index (χ4v) is 1.62. The van der Waals surface area contributed by atoms with E-state index in [1.807, 2.05) is 0 Å². The van der Waals surface area contributed by atoms with Crippen LogP contribution in [0, 0.1) is 0 Å². The summed E-state index contributed by atoms with van der Waals surface area (Å²) in [5.41, 5.74) is 0.180. The highest BCUT2D eigenvalue weighted by Crippen LogP contribution is 2.29. The van der Waals surface area contributed by atoms with E-state index in [-0.39, 0.29) is 17.8 Å². The van der Waals surface area contributed by atoms with Crippen molar-refractivity contribution in [2.45, 2.75) is 18.8 Å². The molecule has 0 aromatic rings. The van der Waals surface area contributed by atoms with Gasteiger partial charge in [-0.3, -0.25) is 9.59 Å². The molecule has 0 aromatic carbocycles. The Bertz CT molecular complexity index is 422. The van der Waals surface area contributed by atoms with Gasteiger partial charge in [-0.2, -0.15) is 0 Å². The summed E-state index contributed by atoms with van der Waals surface area (Å²) < 4.78 is 39.4. The topological polar surface area (TPSA) is 55.4 Å². The zero-order valence-corrected chi connectivity index (χ0v) is 7.80. The van der Waals surface area contributed by atoms with Gasteiger partial charge in [-0.05, 0) is 12.2 Å². The number of halogens is 3. The Morgan fingerprint density at radius 1 is 1.31 bits per heavy atom. The second kappa shape index (κ2) is 3.36. The average molecular weight is 233 g/mol. The van der Waals surface area contributed by atoms with Gasteiger partial charge in [-0.1, -0.05) is 0 Å². The van der Waals surface area contributed by atoms with Gasteiger partial charge in [0.25, 0.3) is 5.91 Å². The summed E-state index contributed by atoms with van der Waals surface area (Å²) in [4.78, 5) is 22.1. The number of amides is 1. The van der Waals surface area contributed by atoms with Crippen LogP contribution in [0.4, 0.5) is 13.2 Å². The predicted octanol–water partition coefficient (Wildman–Crippen LogP) is 0.804. The summed E-state index contributed by atoms with van der Waals surface area (Å²) in [7, 11) is 0. The Balaban J connectivity index is 2.15. The Kier molecular flexibility index (Phi) is 2.25. The van der Waals surface area contributed by atoms with Crippen molar-refractivity contribution < 1.29 is 27.5 Å². The molecule has 1 N–H and O–H groups in total. The summed E-state index contributed by atoms with van der Waals surface area (Å²) in [6, 6.07) is -0.706. The third-order valence-electron chi connectivity index (χ3n) is 2.25. The van der Waals surface area contributed by atoms with E-state index in [2.05, 4.69) is 10.1 Å². The summed E-state index contributed by atoms with van der Waals surface area (Å²) in [6.07, 6.45) is -2.69. The molecule has 16 heavy (non-hydrogen) atoms. The molecule has 0 bridgehead atoms. The molecule has 0 saturated carbocycles. The van der Waals surface area contributed by atoms with E-state index >= 15 is 0 Å². The highest BCUT2D eigenvalue weighted by atomic mass is 19.4. The van der Waals surface area contributed by atoms with Gasteiger partial charge in [0.15, 0.2) is 0 Å². The number of hydrogen-bond acceptors (Lipinski definition) is 3. The summed E-state index contributed by atoms with van der Waals surface area (Å²) in [5, 5.41) is 2.28. The van der Waals surface area contributed by atoms with Gasteiger partial charge >= 0.3 is 6.36 Å². The predicted molar refractivity (Wildman–Crippen MR) is 44.9 cm³/mol. The van der Waals surface area contributed by atoms with Crippen LogP contribution in [0.5, 0.6) is 0 Å². The second-order valence-corrected chi connectivity index (χ2v) is 3.36. The first-order valence-corrected chi connectivity index (χ1v) is 4.38. The lowest BCUT2D eigenvalue weighted by molar-refractivity contribution is -0.306. The fraction of sp³-hybridized carbons (Fsp3) is 0.333. The van der Waals surface area contributed by atoms with Crippen LogP contribution < -0.4 is 5.32 Å².